The Kier molecular flexibility index (Phi) is 5.34. The molecule has 0 aliphatic heterocycles. The SMILES string of the molecule is CCC[C@@H](C)c1nc(C(N)=O)c2[nH]c(=O)n(-c3ccc(OC)c(OC)c3)c2n1. The molecule has 0 aliphatic carbocycles. The molecule has 3 rings (SSSR count). The van der Waals surface area contributed by atoms with Crippen molar-refractivity contribution >= 4 is 17.1 Å². The second kappa shape index (κ2) is 7.71. The lowest BCUT2D eigenvalue weighted by atomic mass is 10.1. The van der Waals surface area contributed by atoms with Gasteiger partial charge in [-0.05, 0) is 18.6 Å². The van der Waals surface area contributed by atoms with Gasteiger partial charge >= 0.3 is 5.69 Å². The normalized spacial score (nSPS) is 12.1. The summed E-state index contributed by atoms with van der Waals surface area (Å²) in [4.78, 5) is 36.2. The molecule has 0 radical (unpaired) electrons. The van der Waals surface area contributed by atoms with Gasteiger partial charge in [0.15, 0.2) is 22.8 Å². The Morgan fingerprint density at radius 1 is 1.25 bits per heavy atom. The molecule has 1 amide bonds. The maximum Gasteiger partial charge on any atom is 0.332 e. The molecule has 3 N–H and O–H groups in total. The second-order valence-electron chi connectivity index (χ2n) is 6.49. The molecule has 2 heterocycles. The number of carbonyl (C=O) groups excluding carboxylic acids is 1. The fraction of sp³-hybridized carbons (Fsp3) is 0.368. The van der Waals surface area contributed by atoms with E-state index in [0.717, 1.165) is 12.8 Å². The summed E-state index contributed by atoms with van der Waals surface area (Å²) >= 11 is 0. The summed E-state index contributed by atoms with van der Waals surface area (Å²) < 4.78 is 11.9. The van der Waals surface area contributed by atoms with Crippen LogP contribution < -0.4 is 20.9 Å². The van der Waals surface area contributed by atoms with Crippen molar-refractivity contribution in [3.63, 3.8) is 0 Å². The van der Waals surface area contributed by atoms with Gasteiger partial charge in [-0.2, -0.15) is 0 Å². The zero-order chi connectivity index (χ0) is 20.4. The van der Waals surface area contributed by atoms with Crippen molar-refractivity contribution in [2.75, 3.05) is 14.2 Å². The molecule has 0 saturated heterocycles. The molecule has 0 fully saturated rings. The van der Waals surface area contributed by atoms with E-state index in [1.807, 2.05) is 6.92 Å². The van der Waals surface area contributed by atoms with Crippen LogP contribution in [0.3, 0.4) is 0 Å². The molecule has 9 nitrogen and oxygen atoms in total. The molecular formula is C19H23N5O4. The monoisotopic (exact) mass is 385 g/mol. The van der Waals surface area contributed by atoms with Gasteiger partial charge in [0.1, 0.15) is 11.3 Å². The Morgan fingerprint density at radius 3 is 2.57 bits per heavy atom. The molecule has 1 aromatic carbocycles. The number of aromatic nitrogens is 4. The zero-order valence-electron chi connectivity index (χ0n) is 16.3. The number of nitrogens with two attached hydrogens (primary N) is 1. The average molecular weight is 385 g/mol. The topological polar surface area (TPSA) is 125 Å². The molecule has 0 aliphatic rings. The van der Waals surface area contributed by atoms with Gasteiger partial charge in [0, 0.05) is 12.0 Å². The number of methoxy groups -OCH3 is 2. The predicted octanol–water partition coefficient (Wildman–Crippen LogP) is 2.13. The third-order valence-electron chi connectivity index (χ3n) is 4.58. The fourth-order valence-corrected chi connectivity index (χ4v) is 3.17. The van der Waals surface area contributed by atoms with Gasteiger partial charge in [-0.15, -0.1) is 0 Å². The van der Waals surface area contributed by atoms with E-state index in [2.05, 4.69) is 21.9 Å². The van der Waals surface area contributed by atoms with Crippen LogP contribution in [0, 0.1) is 0 Å². The summed E-state index contributed by atoms with van der Waals surface area (Å²) in [6.45, 7) is 4.03. The largest absolute Gasteiger partial charge is 0.493 e. The molecule has 3 aromatic rings. The molecule has 28 heavy (non-hydrogen) atoms. The highest BCUT2D eigenvalue weighted by Crippen LogP contribution is 2.30. The van der Waals surface area contributed by atoms with Crippen LogP contribution in [0.25, 0.3) is 16.9 Å². The molecule has 148 valence electrons. The Hall–Kier alpha value is -3.36. The van der Waals surface area contributed by atoms with Gasteiger partial charge in [-0.1, -0.05) is 20.3 Å². The number of hydrogen-bond donors (Lipinski definition) is 2. The van der Waals surface area contributed by atoms with Crippen molar-refractivity contribution in [1.82, 2.24) is 19.5 Å². The van der Waals surface area contributed by atoms with E-state index in [0.29, 0.717) is 28.7 Å². The zero-order valence-corrected chi connectivity index (χ0v) is 16.3. The summed E-state index contributed by atoms with van der Waals surface area (Å²) in [6.07, 6.45) is 1.78. The van der Waals surface area contributed by atoms with Crippen LogP contribution in [0.1, 0.15) is 48.9 Å². The summed E-state index contributed by atoms with van der Waals surface area (Å²) in [5.41, 5.74) is 6.06. The Labute approximate surface area is 161 Å². The maximum atomic E-state index is 12.7. The highest BCUT2D eigenvalue weighted by atomic mass is 16.5. The van der Waals surface area contributed by atoms with Crippen molar-refractivity contribution in [3.8, 4) is 17.2 Å². The minimum absolute atomic E-state index is 0.000667. The van der Waals surface area contributed by atoms with E-state index >= 15 is 0 Å². The minimum Gasteiger partial charge on any atom is -0.493 e. The van der Waals surface area contributed by atoms with Gasteiger partial charge < -0.3 is 20.2 Å². The van der Waals surface area contributed by atoms with Crippen LogP contribution in [-0.4, -0.2) is 39.6 Å². The Bertz CT molecular complexity index is 1090. The molecule has 9 heteroatoms. The second-order valence-corrected chi connectivity index (χ2v) is 6.49. The van der Waals surface area contributed by atoms with Gasteiger partial charge in [0.05, 0.1) is 19.9 Å². The van der Waals surface area contributed by atoms with Gasteiger partial charge in [-0.25, -0.2) is 19.3 Å². The van der Waals surface area contributed by atoms with Crippen LogP contribution in [0.2, 0.25) is 0 Å². The number of rotatable bonds is 7. The molecule has 2 aromatic heterocycles. The number of imidazole rings is 1. The van der Waals surface area contributed by atoms with Gasteiger partial charge in [0.2, 0.25) is 0 Å². The minimum atomic E-state index is -0.724. The smallest absolute Gasteiger partial charge is 0.332 e. The third-order valence-corrected chi connectivity index (χ3v) is 4.58. The van der Waals surface area contributed by atoms with Gasteiger partial charge in [-0.3, -0.25) is 4.79 Å². The van der Waals surface area contributed by atoms with Crippen molar-refractivity contribution < 1.29 is 14.3 Å². The van der Waals surface area contributed by atoms with E-state index in [1.165, 1.54) is 18.8 Å². The number of ether oxygens (including phenoxy) is 2. The lowest BCUT2D eigenvalue weighted by Crippen LogP contribution is -2.17. The summed E-state index contributed by atoms with van der Waals surface area (Å²) in [5.74, 6) is 0.750. The lowest BCUT2D eigenvalue weighted by Gasteiger charge is -2.12. The molecule has 0 saturated carbocycles. The lowest BCUT2D eigenvalue weighted by molar-refractivity contribution is 0.0996. The highest BCUT2D eigenvalue weighted by molar-refractivity contribution is 6.01. The molecular weight excluding hydrogens is 362 g/mol. The van der Waals surface area contributed by atoms with E-state index in [1.54, 1.807) is 18.2 Å². The predicted molar refractivity (Wildman–Crippen MR) is 104 cm³/mol. The number of benzene rings is 1. The van der Waals surface area contributed by atoms with E-state index in [-0.39, 0.29) is 17.1 Å². The maximum absolute atomic E-state index is 12.7. The number of fused-ring (bicyclic) bond motifs is 1. The standard InChI is InChI=1S/C19H23N5O4/c1-5-6-10(2)17-21-14(16(20)25)15-18(23-17)24(19(26)22-15)11-7-8-12(27-3)13(9-11)28-4/h7-10H,5-6H2,1-4H3,(H2,20,25)(H,22,26)/t10-/m1/s1. The molecule has 1 atom stereocenters. The summed E-state index contributed by atoms with van der Waals surface area (Å²) in [5, 5.41) is 0. The first kappa shape index (κ1) is 19.4. The number of hydrogen-bond acceptors (Lipinski definition) is 6. The van der Waals surface area contributed by atoms with Crippen molar-refractivity contribution in [2.24, 2.45) is 5.73 Å². The Morgan fingerprint density at radius 2 is 1.96 bits per heavy atom. The van der Waals surface area contributed by atoms with E-state index in [4.69, 9.17) is 15.2 Å². The fourth-order valence-electron chi connectivity index (χ4n) is 3.17. The molecule has 0 spiro atoms. The number of amides is 1. The molecule has 0 unspecified atom stereocenters. The number of nitrogens with zero attached hydrogens (tertiary/aromatic N) is 3. The highest BCUT2D eigenvalue weighted by Gasteiger charge is 2.22. The quantitative estimate of drug-likeness (QED) is 0.642. The summed E-state index contributed by atoms with van der Waals surface area (Å²) in [7, 11) is 3.04. The number of primary amides is 1. The first-order chi connectivity index (χ1) is 13.4. The van der Waals surface area contributed by atoms with Crippen molar-refractivity contribution in [3.05, 3.63) is 40.2 Å². The number of carbonyl (C=O) groups is 1. The van der Waals surface area contributed by atoms with Crippen LogP contribution in [-0.2, 0) is 0 Å². The first-order valence-electron chi connectivity index (χ1n) is 8.96. The van der Waals surface area contributed by atoms with Crippen LogP contribution in [0.5, 0.6) is 11.5 Å². The number of nitrogens with one attached hydrogen (secondary N) is 1. The van der Waals surface area contributed by atoms with Crippen molar-refractivity contribution in [1.29, 1.82) is 0 Å². The average Bonchev–Trinajstić information content (AvgIpc) is 3.02. The Balaban J connectivity index is 2.30. The number of aromatic amines is 1. The summed E-state index contributed by atoms with van der Waals surface area (Å²) in [6, 6.07) is 5.06. The van der Waals surface area contributed by atoms with Crippen LogP contribution in [0.4, 0.5) is 0 Å². The molecule has 0 bridgehead atoms. The van der Waals surface area contributed by atoms with Crippen LogP contribution >= 0.6 is 0 Å². The first-order valence-corrected chi connectivity index (χ1v) is 8.96. The van der Waals surface area contributed by atoms with E-state index in [9.17, 15) is 9.59 Å². The van der Waals surface area contributed by atoms with Gasteiger partial charge in [0.25, 0.3) is 5.91 Å². The third kappa shape index (κ3) is 3.30. The van der Waals surface area contributed by atoms with Crippen LogP contribution in [0.15, 0.2) is 23.0 Å². The van der Waals surface area contributed by atoms with Crippen molar-refractivity contribution in [2.45, 2.75) is 32.6 Å². The number of H-pyrrole nitrogens is 1. The van der Waals surface area contributed by atoms with E-state index < -0.39 is 11.6 Å².